The molecular weight excluding hydrogens is 422 g/mol. The molecule has 2 N–H and O–H groups in total. The molecule has 0 atom stereocenters. The summed E-state index contributed by atoms with van der Waals surface area (Å²) in [4.78, 5) is 0. The molecule has 1 heterocycles. The molecule has 3 aromatic rings. The Balaban J connectivity index is 0.00000256. The van der Waals surface area contributed by atoms with Gasteiger partial charge in [0.05, 0.1) is 6.61 Å². The Morgan fingerprint density at radius 2 is 1.75 bits per heavy atom. The van der Waals surface area contributed by atoms with Gasteiger partial charge in [0, 0.05) is 17.0 Å². The van der Waals surface area contributed by atoms with E-state index in [4.69, 9.17) is 4.74 Å². The Morgan fingerprint density at radius 1 is 1.03 bits per heavy atom. The van der Waals surface area contributed by atoms with Crippen LogP contribution in [0.5, 0.6) is 11.5 Å². The van der Waals surface area contributed by atoms with Gasteiger partial charge in [0.1, 0.15) is 11.5 Å². The summed E-state index contributed by atoms with van der Waals surface area (Å²) >= 11 is 0. The molecule has 0 aliphatic carbocycles. The zero-order chi connectivity index (χ0) is 21.6. The fraction of sp³-hybridized carbons (Fsp3) is 0.458. The molecule has 0 saturated carbocycles. The van der Waals surface area contributed by atoms with Gasteiger partial charge in [0.2, 0.25) is 0 Å². The first kappa shape index (κ1) is 29.1. The number of nitrogens with one attached hydrogen (secondary N) is 1. The first-order valence-electron chi connectivity index (χ1n) is 10.7. The number of phenolic OH excluding ortho intramolecular Hbond substituents is 1. The van der Waals surface area contributed by atoms with Gasteiger partial charge in [0.15, 0.2) is 5.82 Å². The van der Waals surface area contributed by atoms with E-state index in [2.05, 4.69) is 60.5 Å². The average Bonchev–Trinajstić information content (AvgIpc) is 3.27. The van der Waals surface area contributed by atoms with Crippen LogP contribution < -0.4 is 4.74 Å². The zero-order valence-electron chi connectivity index (χ0n) is 18.4. The molecule has 0 aliphatic rings. The van der Waals surface area contributed by atoms with Gasteiger partial charge in [-0.05, 0) is 43.4 Å². The van der Waals surface area contributed by atoms with Gasteiger partial charge >= 0.3 is 59.1 Å². The number of ether oxygens (including phenoxy) is 1. The van der Waals surface area contributed by atoms with Gasteiger partial charge in [-0.3, -0.25) is 0 Å². The van der Waals surface area contributed by atoms with Gasteiger partial charge < -0.3 is 9.84 Å². The summed E-state index contributed by atoms with van der Waals surface area (Å²) in [6, 6.07) is 12.0. The number of aromatic hydroxyl groups is 1. The van der Waals surface area contributed by atoms with E-state index in [1.165, 1.54) is 5.56 Å². The fourth-order valence-corrected chi connectivity index (χ4v) is 3.58. The average molecular weight is 457 g/mol. The van der Waals surface area contributed by atoms with Crippen molar-refractivity contribution in [1.82, 2.24) is 20.6 Å². The van der Waals surface area contributed by atoms with E-state index in [0.29, 0.717) is 6.61 Å². The summed E-state index contributed by atoms with van der Waals surface area (Å²) in [7, 11) is 0. The van der Waals surface area contributed by atoms with E-state index in [-0.39, 0.29) is 70.3 Å². The van der Waals surface area contributed by atoms with E-state index in [0.717, 1.165) is 60.4 Å². The molecule has 0 fully saturated rings. The Bertz CT molecular complexity index is 945. The molecular formula is C24H34N4Na2O2. The van der Waals surface area contributed by atoms with Crippen molar-refractivity contribution in [2.75, 3.05) is 6.61 Å². The van der Waals surface area contributed by atoms with Crippen LogP contribution in [0.15, 0.2) is 36.4 Å². The van der Waals surface area contributed by atoms with Crippen LogP contribution >= 0.6 is 0 Å². The van der Waals surface area contributed by atoms with E-state index >= 15 is 0 Å². The molecule has 1 aromatic heterocycles. The topological polar surface area (TPSA) is 83.9 Å². The Morgan fingerprint density at radius 3 is 2.38 bits per heavy atom. The second-order valence-corrected chi connectivity index (χ2v) is 8.48. The van der Waals surface area contributed by atoms with Crippen molar-refractivity contribution in [3.63, 3.8) is 0 Å². The molecule has 32 heavy (non-hydrogen) atoms. The molecule has 0 amide bonds. The zero-order valence-corrected chi connectivity index (χ0v) is 18.4. The summed E-state index contributed by atoms with van der Waals surface area (Å²) < 4.78 is 6.02. The maximum atomic E-state index is 10.6. The number of unbranched alkanes of at least 4 members (excludes halogenated alkanes) is 2. The Labute approximate surface area is 235 Å². The van der Waals surface area contributed by atoms with Crippen LogP contribution in [0.2, 0.25) is 0 Å². The summed E-state index contributed by atoms with van der Waals surface area (Å²) in [5.41, 5.74) is 4.10. The minimum atomic E-state index is -0.0825. The molecule has 164 valence electrons. The maximum absolute atomic E-state index is 10.6. The number of phenols is 1. The van der Waals surface area contributed by atoms with Gasteiger partial charge in [-0.1, -0.05) is 68.7 Å². The van der Waals surface area contributed by atoms with Gasteiger partial charge in [-0.25, -0.2) is 0 Å². The molecule has 0 aliphatic heterocycles. The number of hydrogen-bond donors (Lipinski definition) is 2. The van der Waals surface area contributed by atoms with E-state index in [1.807, 2.05) is 18.2 Å². The summed E-state index contributed by atoms with van der Waals surface area (Å²) in [6.45, 7) is 9.09. The second-order valence-electron chi connectivity index (χ2n) is 8.48. The van der Waals surface area contributed by atoms with Crippen molar-refractivity contribution < 1.29 is 9.84 Å². The molecule has 0 unspecified atom stereocenters. The molecule has 0 saturated heterocycles. The van der Waals surface area contributed by atoms with Gasteiger partial charge in [-0.15, -0.1) is 10.2 Å². The summed E-state index contributed by atoms with van der Waals surface area (Å²) in [5.74, 6) is 1.79. The summed E-state index contributed by atoms with van der Waals surface area (Å²) in [6.07, 6.45) is 4.96. The van der Waals surface area contributed by atoms with Crippen molar-refractivity contribution in [2.24, 2.45) is 0 Å². The molecule has 6 nitrogen and oxygen atoms in total. The van der Waals surface area contributed by atoms with Crippen LogP contribution in [0.3, 0.4) is 0 Å². The number of tetrazole rings is 1. The number of hydrogen-bond acceptors (Lipinski definition) is 5. The first-order chi connectivity index (χ1) is 14.4. The number of benzene rings is 2. The fourth-order valence-electron chi connectivity index (χ4n) is 3.58. The number of aromatic nitrogens is 4. The van der Waals surface area contributed by atoms with Crippen molar-refractivity contribution in [2.45, 2.75) is 65.2 Å². The van der Waals surface area contributed by atoms with E-state index < -0.39 is 0 Å². The number of aryl methyl sites for hydroxylation is 2. The third-order valence-corrected chi connectivity index (χ3v) is 5.58. The Hall–Kier alpha value is -0.890. The van der Waals surface area contributed by atoms with Crippen molar-refractivity contribution in [1.29, 1.82) is 0 Å². The number of rotatable bonds is 10. The van der Waals surface area contributed by atoms with Crippen molar-refractivity contribution >= 4 is 59.1 Å². The van der Waals surface area contributed by atoms with E-state index in [1.54, 1.807) is 6.07 Å². The van der Waals surface area contributed by atoms with Crippen LogP contribution in [-0.2, 0) is 11.8 Å². The van der Waals surface area contributed by atoms with Crippen LogP contribution in [-0.4, -0.2) is 91.5 Å². The molecule has 0 radical (unpaired) electrons. The SMILES string of the molecule is CCc1cc(-c2ccc(C)cc2)c(O)cc1OCCCCCC(C)(C)c1nn[nH]n1.[NaH].[NaH]. The molecule has 0 bridgehead atoms. The molecule has 2 aromatic carbocycles. The van der Waals surface area contributed by atoms with Crippen LogP contribution in [0, 0.1) is 6.92 Å². The minimum absolute atomic E-state index is 0. The predicted octanol–water partition coefficient (Wildman–Crippen LogP) is 4.06. The monoisotopic (exact) mass is 456 g/mol. The van der Waals surface area contributed by atoms with Crippen molar-refractivity contribution in [3.8, 4) is 22.6 Å². The van der Waals surface area contributed by atoms with Crippen molar-refractivity contribution in [3.05, 3.63) is 53.3 Å². The second kappa shape index (κ2) is 13.7. The number of H-pyrrole nitrogens is 1. The molecule has 3 rings (SSSR count). The normalized spacial score (nSPS) is 10.9. The summed E-state index contributed by atoms with van der Waals surface area (Å²) in [5, 5.41) is 25.0. The third-order valence-electron chi connectivity index (χ3n) is 5.58. The van der Waals surface area contributed by atoms with Crippen LogP contribution in [0.1, 0.15) is 63.4 Å². The van der Waals surface area contributed by atoms with E-state index in [9.17, 15) is 5.11 Å². The standard InChI is InChI=1S/C24H32N4O2.2Na.2H/c1-5-18-15-20(19-11-9-17(2)10-12-19)21(29)16-22(18)30-14-8-6-7-13-24(3,4)23-25-27-28-26-23;;;;/h9-12,15-16,29H,5-8,13-14H2,1-4H3,(H,25,26,27,28);;;;. The predicted molar refractivity (Wildman–Crippen MR) is 133 cm³/mol. The molecule has 8 heteroatoms. The van der Waals surface area contributed by atoms with Crippen LogP contribution in [0.4, 0.5) is 0 Å². The quantitative estimate of drug-likeness (QED) is 0.355. The third kappa shape index (κ3) is 7.86. The van der Waals surface area contributed by atoms with Gasteiger partial charge in [0.25, 0.3) is 0 Å². The number of aromatic amines is 1. The molecule has 0 spiro atoms. The number of nitrogens with zero attached hydrogens (tertiary/aromatic N) is 3. The van der Waals surface area contributed by atoms with Crippen LogP contribution in [0.25, 0.3) is 11.1 Å². The Kier molecular flexibility index (Phi) is 12.5. The first-order valence-corrected chi connectivity index (χ1v) is 10.7. The van der Waals surface area contributed by atoms with Gasteiger partial charge in [-0.2, -0.15) is 5.21 Å².